The third-order valence-electron chi connectivity index (χ3n) is 15.3. The molecule has 17 nitrogen and oxygen atoms in total. The summed E-state index contributed by atoms with van der Waals surface area (Å²) in [5, 5.41) is 10.6. The zero-order chi connectivity index (χ0) is 77.4. The minimum absolute atomic E-state index is 0.00953. The van der Waals surface area contributed by atoms with Gasteiger partial charge in [0.15, 0.2) is 12.2 Å². The molecule has 0 spiro atoms. The van der Waals surface area contributed by atoms with Gasteiger partial charge in [0.05, 0.1) is 26.4 Å². The Morgan fingerprint density at radius 3 is 0.792 bits per heavy atom. The van der Waals surface area contributed by atoms with Crippen molar-refractivity contribution in [1.82, 2.24) is 0 Å². The quantitative estimate of drug-likeness (QED) is 0.0169. The zero-order valence-corrected chi connectivity index (χ0v) is 66.8. The Morgan fingerprint density at radius 1 is 0.274 bits per heavy atom. The summed E-state index contributed by atoms with van der Waals surface area (Å²) < 4.78 is 68.3. The number of unbranched alkanes of at least 4 members (excludes halogenated alkanes) is 11. The summed E-state index contributed by atoms with van der Waals surface area (Å²) in [4.78, 5) is 72.9. The Morgan fingerprint density at radius 2 is 0.509 bits per heavy atom. The Labute approximate surface area is 639 Å². The van der Waals surface area contributed by atoms with Gasteiger partial charge in [-0.1, -0.05) is 298 Å². The molecule has 0 aromatic rings. The van der Waals surface area contributed by atoms with Crippen LogP contribution in [0.3, 0.4) is 0 Å². The molecule has 0 bridgehead atoms. The third-order valence-corrected chi connectivity index (χ3v) is 17.2. The van der Waals surface area contributed by atoms with Crippen molar-refractivity contribution in [3.05, 3.63) is 207 Å². The van der Waals surface area contributed by atoms with E-state index < -0.39 is 97.5 Å². The van der Waals surface area contributed by atoms with Gasteiger partial charge in [0, 0.05) is 25.7 Å². The SMILES string of the molecule is CC/C=C\C/C=C\C/C=C\C/C=C\C/C=C\C/C=C\CCC(=O)OCC(COP(=O)(O)OCC(O)COP(=O)(O)OCC(COC(=O)CC/C=C\C/C=C\C/C=C\C/C=C\C/C=C\C/C=C\CC)OC(=O)CCCCCCCCCCCCC)OC(=O)CCC/C=C\C/C=C\C/C=C\C/C=C\C/C=C\CC. The van der Waals surface area contributed by atoms with Crippen LogP contribution in [0.25, 0.3) is 0 Å². The lowest BCUT2D eigenvalue weighted by atomic mass is 10.1. The topological polar surface area (TPSA) is 237 Å². The average molecular weight is 1520 g/mol. The summed E-state index contributed by atoms with van der Waals surface area (Å²) in [6, 6.07) is 0. The molecule has 0 aliphatic heterocycles. The highest BCUT2D eigenvalue weighted by Gasteiger charge is 2.30. The normalized spacial score (nSPS) is 15.0. The van der Waals surface area contributed by atoms with Crippen LogP contribution in [0.15, 0.2) is 207 Å². The molecule has 106 heavy (non-hydrogen) atoms. The largest absolute Gasteiger partial charge is 0.472 e. The standard InChI is InChI=1S/C87H136O17P2/c1-5-9-13-17-21-25-29-32-35-38-40-43-45-48-52-55-59-63-67-71-84(89)97-77-82(103-86(91)73-69-65-61-57-51-28-24-20-16-12-8-4)79-101-105(93,94)99-75-81(88)76-100-106(95,96)102-80-83(104-87(92)74-70-66-62-58-54-50-47-42-37-34-31-27-23-19-15-11-7-3)78-98-85(90)72-68-64-60-56-53-49-46-44-41-39-36-33-30-26-22-18-14-10-6-2/h9-11,13-15,21-23,25-27,32-37,40-41,43-44,47-50,52-53,58-60,62-64,81-83,88H,5-8,12,16-20,24,28-31,38-39,42,45-46,51,54-57,61,65-80H2,1-4H3,(H,93,94)(H,95,96)/b13-9-,14-10-,15-11-,25-21-,26-22-,27-23-,35-32-,36-33-,37-34-,43-40-,44-41-,50-47-,52-48-,53-49-,62-58-,63-59-,64-60-. The number of rotatable bonds is 71. The first kappa shape index (κ1) is 99.6. The summed E-state index contributed by atoms with van der Waals surface area (Å²) in [5.74, 6) is -2.46. The summed E-state index contributed by atoms with van der Waals surface area (Å²) in [6.07, 6.45) is 95.7. The van der Waals surface area contributed by atoms with Gasteiger partial charge in [-0.25, -0.2) is 9.13 Å². The van der Waals surface area contributed by atoms with Crippen molar-refractivity contribution in [2.45, 2.75) is 277 Å². The van der Waals surface area contributed by atoms with Crippen molar-refractivity contribution < 1.29 is 80.2 Å². The summed E-state index contributed by atoms with van der Waals surface area (Å²) >= 11 is 0. The van der Waals surface area contributed by atoms with E-state index in [4.69, 9.17) is 37.0 Å². The number of aliphatic hydroxyl groups is 1. The van der Waals surface area contributed by atoms with Gasteiger partial charge < -0.3 is 33.8 Å². The second kappa shape index (κ2) is 76.8. The lowest BCUT2D eigenvalue weighted by molar-refractivity contribution is -0.161. The number of carbonyl (C=O) groups excluding carboxylic acids is 4. The van der Waals surface area contributed by atoms with Crippen molar-refractivity contribution in [3.63, 3.8) is 0 Å². The molecule has 19 heteroatoms. The fraction of sp³-hybridized carbons (Fsp3) is 0.563. The second-order valence-corrected chi connectivity index (χ2v) is 28.1. The Hall–Kier alpha value is -6.36. The number of aliphatic hydroxyl groups excluding tert-OH is 1. The first-order valence-electron chi connectivity index (χ1n) is 39.3. The number of phosphoric ester groups is 2. The highest BCUT2D eigenvalue weighted by molar-refractivity contribution is 7.47. The van der Waals surface area contributed by atoms with E-state index in [1.165, 1.54) is 38.5 Å². The van der Waals surface area contributed by atoms with Gasteiger partial charge in [0.1, 0.15) is 19.3 Å². The molecule has 0 radical (unpaired) electrons. The van der Waals surface area contributed by atoms with Crippen LogP contribution in [0, 0.1) is 0 Å². The van der Waals surface area contributed by atoms with Crippen LogP contribution in [0.4, 0.5) is 0 Å². The van der Waals surface area contributed by atoms with E-state index in [9.17, 15) is 43.2 Å². The van der Waals surface area contributed by atoms with Crippen molar-refractivity contribution >= 4 is 39.5 Å². The molecule has 5 atom stereocenters. The zero-order valence-electron chi connectivity index (χ0n) is 65.0. The monoisotopic (exact) mass is 1510 g/mol. The first-order valence-corrected chi connectivity index (χ1v) is 42.3. The summed E-state index contributed by atoms with van der Waals surface area (Å²) in [5.41, 5.74) is 0. The van der Waals surface area contributed by atoms with E-state index in [0.29, 0.717) is 44.9 Å². The molecule has 5 unspecified atom stereocenters. The van der Waals surface area contributed by atoms with Gasteiger partial charge in [-0.15, -0.1) is 0 Å². The van der Waals surface area contributed by atoms with Crippen LogP contribution in [0.5, 0.6) is 0 Å². The van der Waals surface area contributed by atoms with E-state index >= 15 is 0 Å². The molecule has 0 rings (SSSR count). The summed E-state index contributed by atoms with van der Waals surface area (Å²) in [7, 11) is -10.0. The Bertz CT molecular complexity index is 2830. The molecule has 0 aliphatic carbocycles. The minimum atomic E-state index is -5.02. The van der Waals surface area contributed by atoms with Crippen molar-refractivity contribution in [2.75, 3.05) is 39.6 Å². The fourth-order valence-corrected chi connectivity index (χ4v) is 11.0. The van der Waals surface area contributed by atoms with Gasteiger partial charge in [-0.3, -0.25) is 37.3 Å². The number of hydrogen-bond acceptors (Lipinski definition) is 15. The van der Waals surface area contributed by atoms with Crippen LogP contribution >= 0.6 is 15.6 Å². The molecule has 0 aromatic heterocycles. The van der Waals surface area contributed by atoms with Crippen LogP contribution in [0.1, 0.15) is 259 Å². The van der Waals surface area contributed by atoms with E-state index in [1.54, 1.807) is 0 Å². The number of hydrogen-bond donors (Lipinski definition) is 3. The fourth-order valence-electron chi connectivity index (χ4n) is 9.42. The number of phosphoric acid groups is 2. The van der Waals surface area contributed by atoms with Crippen LogP contribution in [-0.4, -0.2) is 96.7 Å². The molecule has 0 fully saturated rings. The lowest BCUT2D eigenvalue weighted by Gasteiger charge is -2.21. The van der Waals surface area contributed by atoms with Crippen LogP contribution in [-0.2, 0) is 65.4 Å². The predicted octanol–water partition coefficient (Wildman–Crippen LogP) is 23.1. The van der Waals surface area contributed by atoms with Gasteiger partial charge in [0.2, 0.25) is 0 Å². The Kier molecular flexibility index (Phi) is 72.2. The number of carbonyl (C=O) groups is 4. The van der Waals surface area contributed by atoms with E-state index in [1.807, 2.05) is 48.6 Å². The highest BCUT2D eigenvalue weighted by Crippen LogP contribution is 2.45. The summed E-state index contributed by atoms with van der Waals surface area (Å²) in [6.45, 7) is 4.24. The van der Waals surface area contributed by atoms with E-state index in [-0.39, 0.29) is 25.7 Å². The molecule has 3 N–H and O–H groups in total. The van der Waals surface area contributed by atoms with Gasteiger partial charge >= 0.3 is 39.5 Å². The Balaban J connectivity index is 5.53. The molecule has 0 saturated heterocycles. The molecule has 596 valence electrons. The third kappa shape index (κ3) is 75.9. The maximum atomic E-state index is 13.1. The number of esters is 4. The first-order chi connectivity index (χ1) is 51.7. The lowest BCUT2D eigenvalue weighted by Crippen LogP contribution is -2.30. The smallest absolute Gasteiger partial charge is 0.462 e. The number of ether oxygens (including phenoxy) is 4. The van der Waals surface area contributed by atoms with Crippen molar-refractivity contribution in [3.8, 4) is 0 Å². The molecule has 0 amide bonds. The van der Waals surface area contributed by atoms with Gasteiger partial charge in [0.25, 0.3) is 0 Å². The molecule has 0 saturated carbocycles. The van der Waals surface area contributed by atoms with Gasteiger partial charge in [-0.05, 0) is 141 Å². The minimum Gasteiger partial charge on any atom is -0.462 e. The molecular weight excluding hydrogens is 1380 g/mol. The predicted molar refractivity (Wildman–Crippen MR) is 435 cm³/mol. The van der Waals surface area contributed by atoms with E-state index in [2.05, 4.69) is 186 Å². The molecule has 0 heterocycles. The maximum absolute atomic E-state index is 13.1. The molecular formula is C87H136O17P2. The van der Waals surface area contributed by atoms with Gasteiger partial charge in [-0.2, -0.15) is 0 Å². The maximum Gasteiger partial charge on any atom is 0.472 e. The highest BCUT2D eigenvalue weighted by atomic mass is 31.2. The molecule has 0 aromatic carbocycles. The average Bonchev–Trinajstić information content (AvgIpc) is 0.919. The van der Waals surface area contributed by atoms with E-state index in [0.717, 1.165) is 122 Å². The van der Waals surface area contributed by atoms with Crippen LogP contribution in [0.2, 0.25) is 0 Å². The molecule has 0 aliphatic rings. The second-order valence-electron chi connectivity index (χ2n) is 25.2. The van der Waals surface area contributed by atoms with Crippen molar-refractivity contribution in [1.29, 1.82) is 0 Å². The van der Waals surface area contributed by atoms with Crippen LogP contribution < -0.4 is 0 Å². The number of allylic oxidation sites excluding steroid dienone is 34. The van der Waals surface area contributed by atoms with Crippen molar-refractivity contribution in [2.24, 2.45) is 0 Å².